The van der Waals surface area contributed by atoms with E-state index in [9.17, 15) is 0 Å². The van der Waals surface area contributed by atoms with Crippen molar-refractivity contribution in [1.82, 2.24) is 0 Å². The third-order valence-electron chi connectivity index (χ3n) is 0.408. The van der Waals surface area contributed by atoms with E-state index in [0.29, 0.717) is 10.9 Å². The molecular formula is C5H11S+. The van der Waals surface area contributed by atoms with Gasteiger partial charge in [0.05, 0.1) is 0 Å². The highest BCUT2D eigenvalue weighted by Crippen LogP contribution is 1.82. The molecule has 0 nitrogen and oxygen atoms in total. The third-order valence-corrected chi connectivity index (χ3v) is 1.22. The third kappa shape index (κ3) is 4.09. The fraction of sp³-hybridized carbons (Fsp3) is 0.600. The van der Waals surface area contributed by atoms with Crippen LogP contribution in [0.25, 0.3) is 0 Å². The van der Waals surface area contributed by atoms with Crippen molar-refractivity contribution < 1.29 is 0 Å². The second-order valence-electron chi connectivity index (χ2n) is 1.35. The van der Waals surface area contributed by atoms with Gasteiger partial charge in [-0.1, -0.05) is 0 Å². The molecule has 0 unspecified atom stereocenters. The summed E-state index contributed by atoms with van der Waals surface area (Å²) in [5, 5.41) is 2.19. The van der Waals surface area contributed by atoms with Crippen molar-refractivity contribution >= 4 is 10.9 Å². The van der Waals surface area contributed by atoms with E-state index in [1.165, 1.54) is 0 Å². The van der Waals surface area contributed by atoms with Gasteiger partial charge in [-0.3, -0.25) is 0 Å². The summed E-state index contributed by atoms with van der Waals surface area (Å²) in [4.78, 5) is 0. The summed E-state index contributed by atoms with van der Waals surface area (Å²) in [6.45, 7) is 2.05. The maximum absolute atomic E-state index is 2.19. The molecule has 0 aromatic carbocycles. The standard InChI is InChI=1S/C5H11S/c1-4-5-6(2)3/h4-5H,1-3H3/q+1/b5-4+. The zero-order valence-electron chi connectivity index (χ0n) is 4.56. The summed E-state index contributed by atoms with van der Waals surface area (Å²) in [5.74, 6) is 0. The van der Waals surface area contributed by atoms with Gasteiger partial charge in [0.25, 0.3) is 0 Å². The maximum Gasteiger partial charge on any atom is 0.114 e. The lowest BCUT2D eigenvalue weighted by Gasteiger charge is -1.76. The number of hydrogen-bond acceptors (Lipinski definition) is 0. The summed E-state index contributed by atoms with van der Waals surface area (Å²) in [6, 6.07) is 0. The van der Waals surface area contributed by atoms with Crippen LogP contribution in [0.5, 0.6) is 0 Å². The predicted octanol–water partition coefficient (Wildman–Crippen LogP) is 1.40. The molecule has 0 aliphatic heterocycles. The number of hydrogen-bond donors (Lipinski definition) is 0. The first-order chi connectivity index (χ1) is 2.77. The average molecular weight is 103 g/mol. The minimum absolute atomic E-state index is 0.504. The molecule has 0 aromatic rings. The molecule has 0 saturated carbocycles. The molecule has 0 spiro atoms. The molecule has 0 heterocycles. The fourth-order valence-electron chi connectivity index (χ4n) is 0.272. The molecule has 0 amide bonds. The molecule has 0 aliphatic rings. The lowest BCUT2D eigenvalue weighted by molar-refractivity contribution is 1.78. The summed E-state index contributed by atoms with van der Waals surface area (Å²) >= 11 is 0. The zero-order chi connectivity index (χ0) is 4.99. The molecule has 36 valence electrons. The zero-order valence-corrected chi connectivity index (χ0v) is 5.38. The van der Waals surface area contributed by atoms with Crippen LogP contribution in [0.2, 0.25) is 0 Å². The molecule has 6 heavy (non-hydrogen) atoms. The van der Waals surface area contributed by atoms with Crippen LogP contribution in [0, 0.1) is 0 Å². The Kier molecular flexibility index (Phi) is 3.34. The Morgan fingerprint density at radius 2 is 1.83 bits per heavy atom. The molecular weight excluding hydrogens is 92.1 g/mol. The Morgan fingerprint density at radius 3 is 1.83 bits per heavy atom. The van der Waals surface area contributed by atoms with Gasteiger partial charge in [0.15, 0.2) is 0 Å². The first kappa shape index (κ1) is 6.09. The van der Waals surface area contributed by atoms with Crippen LogP contribution in [0.15, 0.2) is 11.5 Å². The van der Waals surface area contributed by atoms with Crippen molar-refractivity contribution in [3.63, 3.8) is 0 Å². The summed E-state index contributed by atoms with van der Waals surface area (Å²) in [7, 11) is 0.504. The Morgan fingerprint density at radius 1 is 1.33 bits per heavy atom. The van der Waals surface area contributed by atoms with Crippen molar-refractivity contribution in [1.29, 1.82) is 0 Å². The second-order valence-corrected chi connectivity index (χ2v) is 3.38. The van der Waals surface area contributed by atoms with Crippen molar-refractivity contribution in [3.05, 3.63) is 11.5 Å². The second kappa shape index (κ2) is 3.29. The van der Waals surface area contributed by atoms with Crippen LogP contribution >= 0.6 is 0 Å². The van der Waals surface area contributed by atoms with Crippen LogP contribution in [0.1, 0.15) is 6.92 Å². The SMILES string of the molecule is C/C=C/[S+](C)C. The molecule has 0 rings (SSSR count). The van der Waals surface area contributed by atoms with E-state index in [2.05, 4.69) is 24.0 Å². The van der Waals surface area contributed by atoms with Gasteiger partial charge < -0.3 is 0 Å². The smallest absolute Gasteiger partial charge is 0.0424 e. The van der Waals surface area contributed by atoms with E-state index in [1.54, 1.807) is 0 Å². The van der Waals surface area contributed by atoms with E-state index in [0.717, 1.165) is 0 Å². The van der Waals surface area contributed by atoms with Crippen LogP contribution in [0.3, 0.4) is 0 Å². The minimum Gasteiger partial charge on any atom is -0.0424 e. The molecule has 0 atom stereocenters. The van der Waals surface area contributed by atoms with Gasteiger partial charge in [-0.05, 0) is 13.0 Å². The summed E-state index contributed by atoms with van der Waals surface area (Å²) in [5.41, 5.74) is 0. The van der Waals surface area contributed by atoms with Crippen LogP contribution < -0.4 is 0 Å². The van der Waals surface area contributed by atoms with E-state index in [4.69, 9.17) is 0 Å². The molecule has 0 aromatic heterocycles. The van der Waals surface area contributed by atoms with Gasteiger partial charge in [-0.15, -0.1) is 0 Å². The first-order valence-corrected chi connectivity index (χ1v) is 4.07. The van der Waals surface area contributed by atoms with E-state index < -0.39 is 0 Å². The van der Waals surface area contributed by atoms with Crippen molar-refractivity contribution in [3.8, 4) is 0 Å². The van der Waals surface area contributed by atoms with Gasteiger partial charge in [-0.2, -0.15) is 0 Å². The molecule has 0 radical (unpaired) electrons. The molecule has 0 fully saturated rings. The highest BCUT2D eigenvalue weighted by molar-refractivity contribution is 7.98. The Balaban J connectivity index is 3.03. The quantitative estimate of drug-likeness (QED) is 0.440. The number of rotatable bonds is 1. The number of allylic oxidation sites excluding steroid dienone is 1. The minimum atomic E-state index is 0.504. The predicted molar refractivity (Wildman–Crippen MR) is 34.0 cm³/mol. The maximum atomic E-state index is 2.19. The van der Waals surface area contributed by atoms with Gasteiger partial charge in [0.2, 0.25) is 0 Å². The molecule has 0 aliphatic carbocycles. The van der Waals surface area contributed by atoms with Crippen LogP contribution in [-0.2, 0) is 10.9 Å². The monoisotopic (exact) mass is 103 g/mol. The molecule has 0 saturated heterocycles. The Labute approximate surface area is 42.6 Å². The van der Waals surface area contributed by atoms with Crippen molar-refractivity contribution in [2.45, 2.75) is 6.92 Å². The first-order valence-electron chi connectivity index (χ1n) is 1.96. The van der Waals surface area contributed by atoms with Crippen molar-refractivity contribution in [2.24, 2.45) is 0 Å². The van der Waals surface area contributed by atoms with E-state index >= 15 is 0 Å². The van der Waals surface area contributed by atoms with Gasteiger partial charge >= 0.3 is 0 Å². The topological polar surface area (TPSA) is 0 Å². The lowest BCUT2D eigenvalue weighted by atomic mass is 10.8. The van der Waals surface area contributed by atoms with Gasteiger partial charge in [0, 0.05) is 10.9 Å². The van der Waals surface area contributed by atoms with Gasteiger partial charge in [0.1, 0.15) is 17.9 Å². The fourth-order valence-corrected chi connectivity index (χ4v) is 0.816. The summed E-state index contributed by atoms with van der Waals surface area (Å²) in [6.07, 6.45) is 6.48. The highest BCUT2D eigenvalue weighted by atomic mass is 32.2. The lowest BCUT2D eigenvalue weighted by Crippen LogP contribution is -1.83. The normalized spacial score (nSPS) is 11.3. The largest absolute Gasteiger partial charge is 0.114 e. The Bertz CT molecular complexity index is 45.9. The molecule has 0 bridgehead atoms. The Hall–Kier alpha value is 0.0900. The van der Waals surface area contributed by atoms with E-state index in [-0.39, 0.29) is 0 Å². The highest BCUT2D eigenvalue weighted by Gasteiger charge is 1.87. The van der Waals surface area contributed by atoms with Crippen molar-refractivity contribution in [2.75, 3.05) is 12.5 Å². The molecule has 1 heteroatoms. The van der Waals surface area contributed by atoms with E-state index in [1.807, 2.05) is 6.92 Å². The van der Waals surface area contributed by atoms with Gasteiger partial charge in [-0.25, -0.2) is 0 Å². The van der Waals surface area contributed by atoms with Crippen LogP contribution in [0.4, 0.5) is 0 Å². The average Bonchev–Trinajstić information content (AvgIpc) is 1.35. The van der Waals surface area contributed by atoms with Crippen LogP contribution in [-0.4, -0.2) is 12.5 Å². The summed E-state index contributed by atoms with van der Waals surface area (Å²) < 4.78 is 0. The molecule has 0 N–H and O–H groups in total.